The molecule has 5 heteroatoms. The van der Waals surface area contributed by atoms with Gasteiger partial charge in [-0.15, -0.1) is 0 Å². The minimum Gasteiger partial charge on any atom is -0.465 e. The van der Waals surface area contributed by atoms with Gasteiger partial charge >= 0.3 is 6.09 Å². The molecule has 1 amide bonds. The van der Waals surface area contributed by atoms with Crippen molar-refractivity contribution in [3.63, 3.8) is 0 Å². The van der Waals surface area contributed by atoms with Crippen molar-refractivity contribution in [1.29, 1.82) is 0 Å². The first kappa shape index (κ1) is 9.05. The van der Waals surface area contributed by atoms with E-state index in [4.69, 9.17) is 10.3 Å². The van der Waals surface area contributed by atoms with E-state index in [1.54, 1.807) is 24.3 Å². The van der Waals surface area contributed by atoms with Gasteiger partial charge in [0.25, 0.3) is 0 Å². The minimum atomic E-state index is -1.15. The zero-order valence-corrected chi connectivity index (χ0v) is 6.64. The number of anilines is 1. The van der Waals surface area contributed by atoms with Gasteiger partial charge in [-0.25, -0.2) is 4.79 Å². The van der Waals surface area contributed by atoms with Crippen molar-refractivity contribution in [3.8, 4) is 0 Å². The summed E-state index contributed by atoms with van der Waals surface area (Å²) in [6.45, 7) is 0. The van der Waals surface area contributed by atoms with Crippen LogP contribution >= 0.6 is 0 Å². The number of oxime groups is 1. The lowest BCUT2D eigenvalue weighted by Gasteiger charge is -2.02. The molecule has 0 aliphatic rings. The summed E-state index contributed by atoms with van der Waals surface area (Å²) in [5.74, 6) is 0. The Hall–Kier alpha value is -2.04. The topological polar surface area (TPSA) is 81.9 Å². The Morgan fingerprint density at radius 3 is 2.77 bits per heavy atom. The fraction of sp³-hybridized carbons (Fsp3) is 0. The van der Waals surface area contributed by atoms with Gasteiger partial charge in [0.05, 0.1) is 11.9 Å². The van der Waals surface area contributed by atoms with E-state index in [1.165, 1.54) is 0 Å². The molecule has 0 unspecified atom stereocenters. The molecule has 0 aliphatic heterocycles. The molecular weight excluding hydrogens is 172 g/mol. The Morgan fingerprint density at radius 1 is 1.46 bits per heavy atom. The Balaban J connectivity index is 2.97. The maximum Gasteiger partial charge on any atom is 0.409 e. The number of amides is 1. The van der Waals surface area contributed by atoms with Crippen molar-refractivity contribution in [2.45, 2.75) is 0 Å². The molecular formula is C8H8N2O3. The standard InChI is InChI=1S/C8H8N2O3/c11-8(12)10-7-4-2-1-3-6(7)5-9-13/h1-5,10,13H,(H,11,12). The van der Waals surface area contributed by atoms with Crippen LogP contribution in [0.5, 0.6) is 0 Å². The summed E-state index contributed by atoms with van der Waals surface area (Å²) in [4.78, 5) is 10.3. The summed E-state index contributed by atoms with van der Waals surface area (Å²) in [7, 11) is 0. The molecule has 0 radical (unpaired) electrons. The molecule has 0 saturated carbocycles. The van der Waals surface area contributed by atoms with Crippen LogP contribution in [-0.2, 0) is 0 Å². The van der Waals surface area contributed by atoms with Gasteiger partial charge in [-0.3, -0.25) is 5.32 Å². The molecule has 3 N–H and O–H groups in total. The summed E-state index contributed by atoms with van der Waals surface area (Å²) in [6.07, 6.45) is 0.00411. The van der Waals surface area contributed by atoms with E-state index < -0.39 is 6.09 Å². The molecule has 1 aromatic rings. The predicted octanol–water partition coefficient (Wildman–Crippen LogP) is 1.58. The summed E-state index contributed by atoms with van der Waals surface area (Å²) in [5.41, 5.74) is 0.889. The van der Waals surface area contributed by atoms with Crippen LogP contribution in [0.1, 0.15) is 5.56 Å². The highest BCUT2D eigenvalue weighted by atomic mass is 16.4. The normalized spacial score (nSPS) is 10.2. The molecule has 0 aromatic heterocycles. The number of benzene rings is 1. The van der Waals surface area contributed by atoms with E-state index in [-0.39, 0.29) is 0 Å². The zero-order chi connectivity index (χ0) is 9.68. The molecule has 0 heterocycles. The Morgan fingerprint density at radius 2 is 2.15 bits per heavy atom. The lowest BCUT2D eigenvalue weighted by atomic mass is 10.2. The minimum absolute atomic E-state index is 0.382. The summed E-state index contributed by atoms with van der Waals surface area (Å²) in [5, 5.41) is 21.7. The SMILES string of the molecule is O=C(O)Nc1ccccc1C=NO. The van der Waals surface area contributed by atoms with Crippen LogP contribution in [0, 0.1) is 0 Å². The van der Waals surface area contributed by atoms with Gasteiger partial charge < -0.3 is 10.3 Å². The van der Waals surface area contributed by atoms with Crippen LogP contribution in [0.3, 0.4) is 0 Å². The highest BCUT2D eigenvalue weighted by Gasteiger charge is 2.01. The molecule has 0 aliphatic carbocycles. The number of nitrogens with zero attached hydrogens (tertiary/aromatic N) is 1. The third-order valence-corrected chi connectivity index (χ3v) is 1.40. The van der Waals surface area contributed by atoms with Crippen LogP contribution in [0.4, 0.5) is 10.5 Å². The van der Waals surface area contributed by atoms with Crippen LogP contribution < -0.4 is 5.32 Å². The average Bonchev–Trinajstić information content (AvgIpc) is 2.08. The largest absolute Gasteiger partial charge is 0.465 e. The van der Waals surface area contributed by atoms with Gasteiger partial charge in [0, 0.05) is 5.56 Å². The number of para-hydroxylation sites is 1. The van der Waals surface area contributed by atoms with E-state index >= 15 is 0 Å². The maximum atomic E-state index is 10.3. The van der Waals surface area contributed by atoms with Gasteiger partial charge in [-0.05, 0) is 6.07 Å². The predicted molar refractivity (Wildman–Crippen MR) is 47.5 cm³/mol. The van der Waals surface area contributed by atoms with Crippen LogP contribution in [0.25, 0.3) is 0 Å². The molecule has 0 atom stereocenters. The molecule has 5 nitrogen and oxygen atoms in total. The van der Waals surface area contributed by atoms with Gasteiger partial charge in [0.1, 0.15) is 0 Å². The lowest BCUT2D eigenvalue weighted by Crippen LogP contribution is -2.08. The maximum absolute atomic E-state index is 10.3. The first-order valence-corrected chi connectivity index (χ1v) is 3.50. The summed E-state index contributed by atoms with van der Waals surface area (Å²) >= 11 is 0. The van der Waals surface area contributed by atoms with Crippen LogP contribution in [0.2, 0.25) is 0 Å². The number of hydrogen-bond acceptors (Lipinski definition) is 3. The van der Waals surface area contributed by atoms with E-state index in [9.17, 15) is 4.79 Å². The van der Waals surface area contributed by atoms with Crippen LogP contribution in [0.15, 0.2) is 29.4 Å². The fourth-order valence-corrected chi connectivity index (χ4v) is 0.901. The van der Waals surface area contributed by atoms with E-state index in [1.807, 2.05) is 0 Å². The van der Waals surface area contributed by atoms with Gasteiger partial charge in [0.2, 0.25) is 0 Å². The average molecular weight is 180 g/mol. The monoisotopic (exact) mass is 180 g/mol. The van der Waals surface area contributed by atoms with Crippen molar-refractivity contribution >= 4 is 18.0 Å². The summed E-state index contributed by atoms with van der Waals surface area (Å²) < 4.78 is 0. The molecule has 1 rings (SSSR count). The first-order valence-electron chi connectivity index (χ1n) is 3.50. The van der Waals surface area contributed by atoms with E-state index in [0.717, 1.165) is 6.21 Å². The molecule has 0 spiro atoms. The Bertz CT molecular complexity index is 336. The number of carboxylic acid groups (broad SMARTS) is 1. The highest BCUT2D eigenvalue weighted by molar-refractivity contribution is 5.93. The first-order chi connectivity index (χ1) is 6.24. The Labute approximate surface area is 74.3 Å². The van der Waals surface area contributed by atoms with E-state index in [0.29, 0.717) is 11.3 Å². The second-order valence-electron chi connectivity index (χ2n) is 2.26. The van der Waals surface area contributed by atoms with Crippen molar-refractivity contribution in [1.82, 2.24) is 0 Å². The van der Waals surface area contributed by atoms with Gasteiger partial charge in [-0.2, -0.15) is 0 Å². The van der Waals surface area contributed by atoms with E-state index in [2.05, 4.69) is 10.5 Å². The second-order valence-corrected chi connectivity index (χ2v) is 2.26. The third kappa shape index (κ3) is 2.48. The van der Waals surface area contributed by atoms with Gasteiger partial charge in [0.15, 0.2) is 0 Å². The van der Waals surface area contributed by atoms with Crippen molar-refractivity contribution in [3.05, 3.63) is 29.8 Å². The molecule has 13 heavy (non-hydrogen) atoms. The van der Waals surface area contributed by atoms with Crippen molar-refractivity contribution < 1.29 is 15.1 Å². The fourth-order valence-electron chi connectivity index (χ4n) is 0.901. The zero-order valence-electron chi connectivity index (χ0n) is 6.64. The number of nitrogens with one attached hydrogen (secondary N) is 1. The number of hydrogen-bond donors (Lipinski definition) is 3. The molecule has 68 valence electrons. The number of rotatable bonds is 2. The van der Waals surface area contributed by atoms with Crippen molar-refractivity contribution in [2.75, 3.05) is 5.32 Å². The lowest BCUT2D eigenvalue weighted by molar-refractivity contribution is 0.209. The molecule has 0 fully saturated rings. The molecule has 0 bridgehead atoms. The molecule has 0 saturated heterocycles. The Kier molecular flexibility index (Phi) is 2.86. The third-order valence-electron chi connectivity index (χ3n) is 1.40. The smallest absolute Gasteiger partial charge is 0.409 e. The quantitative estimate of drug-likeness (QED) is 0.367. The molecule has 1 aromatic carbocycles. The van der Waals surface area contributed by atoms with Crippen LogP contribution in [-0.4, -0.2) is 22.6 Å². The highest BCUT2D eigenvalue weighted by Crippen LogP contribution is 2.12. The van der Waals surface area contributed by atoms with Crippen molar-refractivity contribution in [2.24, 2.45) is 5.16 Å². The summed E-state index contributed by atoms with van der Waals surface area (Å²) in [6, 6.07) is 6.60. The van der Waals surface area contributed by atoms with Gasteiger partial charge in [-0.1, -0.05) is 23.4 Å². The second kappa shape index (κ2) is 4.10. The number of carbonyl (C=O) groups is 1.